The molecule has 5 rings (SSSR count). The normalized spacial score (nSPS) is 24.3. The molecule has 2 aromatic rings. The number of fused-ring (bicyclic) bond motifs is 1. The van der Waals surface area contributed by atoms with Crippen LogP contribution in [0, 0.1) is 12.8 Å². The predicted octanol–water partition coefficient (Wildman–Crippen LogP) is 2.08. The molecule has 168 valence electrons. The molecule has 0 radical (unpaired) electrons. The molecule has 2 saturated heterocycles. The Morgan fingerprint density at radius 3 is 2.74 bits per heavy atom. The summed E-state index contributed by atoms with van der Waals surface area (Å²) in [5.74, 6) is 0.485. The first-order valence-corrected chi connectivity index (χ1v) is 11.7. The van der Waals surface area contributed by atoms with Gasteiger partial charge in [0.05, 0.1) is 30.6 Å². The largest absolute Gasteiger partial charge is 0.393 e. The van der Waals surface area contributed by atoms with Crippen molar-refractivity contribution in [3.05, 3.63) is 29.2 Å². The summed E-state index contributed by atoms with van der Waals surface area (Å²) < 4.78 is 8.02. The minimum Gasteiger partial charge on any atom is -0.393 e. The molecule has 3 aliphatic rings. The first kappa shape index (κ1) is 20.8. The Hall–Kier alpha value is -2.03. The number of aryl methyl sites for hydroxylation is 1. The van der Waals surface area contributed by atoms with Crippen molar-refractivity contribution < 1.29 is 14.6 Å². The number of piperidine rings is 1. The number of carbonyl (C=O) groups excluding carboxylic acids is 1. The van der Waals surface area contributed by atoms with Gasteiger partial charge >= 0.3 is 0 Å². The van der Waals surface area contributed by atoms with E-state index in [-0.39, 0.29) is 18.1 Å². The number of rotatable bonds is 4. The molecule has 1 saturated carbocycles. The third kappa shape index (κ3) is 4.21. The van der Waals surface area contributed by atoms with Crippen LogP contribution in [0.1, 0.15) is 61.6 Å². The van der Waals surface area contributed by atoms with Gasteiger partial charge in [-0.15, -0.1) is 0 Å². The summed E-state index contributed by atoms with van der Waals surface area (Å²) in [4.78, 5) is 22.0. The van der Waals surface area contributed by atoms with Crippen LogP contribution in [0.4, 0.5) is 0 Å². The van der Waals surface area contributed by atoms with Gasteiger partial charge in [0, 0.05) is 43.9 Å². The minimum atomic E-state index is -0.193. The molecule has 3 fully saturated rings. The van der Waals surface area contributed by atoms with Gasteiger partial charge in [-0.2, -0.15) is 5.10 Å². The maximum atomic E-state index is 13.0. The number of carbonyl (C=O) groups is 1. The van der Waals surface area contributed by atoms with Crippen LogP contribution in [0.5, 0.6) is 0 Å². The van der Waals surface area contributed by atoms with E-state index < -0.39 is 0 Å². The molecule has 8 nitrogen and oxygen atoms in total. The van der Waals surface area contributed by atoms with E-state index in [1.54, 1.807) is 0 Å². The second-order valence-corrected chi connectivity index (χ2v) is 9.30. The lowest BCUT2D eigenvalue weighted by atomic mass is 10.1. The van der Waals surface area contributed by atoms with Crippen LogP contribution in [0.15, 0.2) is 12.3 Å². The Kier molecular flexibility index (Phi) is 5.95. The van der Waals surface area contributed by atoms with Crippen molar-refractivity contribution in [2.24, 2.45) is 5.92 Å². The Morgan fingerprint density at radius 1 is 1.19 bits per heavy atom. The number of likely N-dealkylation sites (tertiary alicyclic amines) is 1. The lowest BCUT2D eigenvalue weighted by Gasteiger charge is -2.34. The van der Waals surface area contributed by atoms with E-state index in [1.165, 1.54) is 12.8 Å². The van der Waals surface area contributed by atoms with Gasteiger partial charge < -0.3 is 14.7 Å². The van der Waals surface area contributed by atoms with Crippen molar-refractivity contribution in [2.45, 2.75) is 64.2 Å². The van der Waals surface area contributed by atoms with Crippen molar-refractivity contribution in [3.63, 3.8) is 0 Å². The highest BCUT2D eigenvalue weighted by Crippen LogP contribution is 2.30. The van der Waals surface area contributed by atoms with Crippen molar-refractivity contribution >= 4 is 11.6 Å². The van der Waals surface area contributed by atoms with E-state index in [0.717, 1.165) is 67.9 Å². The van der Waals surface area contributed by atoms with Crippen molar-refractivity contribution in [2.75, 3.05) is 32.8 Å². The molecule has 2 aliphatic heterocycles. The Bertz CT molecular complexity index is 931. The van der Waals surface area contributed by atoms with E-state index >= 15 is 0 Å². The quantitative estimate of drug-likeness (QED) is 0.805. The summed E-state index contributed by atoms with van der Waals surface area (Å²) in [5.41, 5.74) is 3.93. The summed E-state index contributed by atoms with van der Waals surface area (Å²) in [5, 5.41) is 14.6. The second-order valence-electron chi connectivity index (χ2n) is 9.30. The minimum absolute atomic E-state index is 0.177. The summed E-state index contributed by atoms with van der Waals surface area (Å²) in [6, 6.07) is 1.97. The lowest BCUT2D eigenvalue weighted by molar-refractivity contribution is -0.143. The van der Waals surface area contributed by atoms with Crippen molar-refractivity contribution in [1.82, 2.24) is 24.4 Å². The third-order valence-electron chi connectivity index (χ3n) is 7.20. The number of hydrogen-bond donors (Lipinski definition) is 1. The van der Waals surface area contributed by atoms with Gasteiger partial charge in [-0.1, -0.05) is 12.8 Å². The first-order chi connectivity index (χ1) is 15.1. The predicted molar refractivity (Wildman–Crippen MR) is 115 cm³/mol. The molecule has 4 heterocycles. The second kappa shape index (κ2) is 8.84. The fraction of sp³-hybridized carbons (Fsp3) is 0.696. The van der Waals surface area contributed by atoms with Gasteiger partial charge in [-0.05, 0) is 38.7 Å². The molecular weight excluding hydrogens is 394 g/mol. The van der Waals surface area contributed by atoms with Crippen LogP contribution >= 0.6 is 0 Å². The molecule has 0 aromatic carbocycles. The molecule has 0 bridgehead atoms. The van der Waals surface area contributed by atoms with Gasteiger partial charge in [0.2, 0.25) is 5.91 Å². The van der Waals surface area contributed by atoms with E-state index in [4.69, 9.17) is 9.84 Å². The number of aromatic nitrogens is 3. The van der Waals surface area contributed by atoms with Crippen molar-refractivity contribution in [3.8, 4) is 0 Å². The van der Waals surface area contributed by atoms with Crippen LogP contribution in [0.25, 0.3) is 5.65 Å². The number of hydrogen-bond acceptors (Lipinski definition) is 6. The topological polar surface area (TPSA) is 83.2 Å². The zero-order valence-electron chi connectivity index (χ0n) is 18.4. The number of nitrogens with zero attached hydrogens (tertiary/aromatic N) is 5. The van der Waals surface area contributed by atoms with Gasteiger partial charge in [0.1, 0.15) is 6.10 Å². The first-order valence-electron chi connectivity index (χ1n) is 11.7. The molecule has 1 amide bonds. The molecule has 2 aromatic heterocycles. The van der Waals surface area contributed by atoms with Crippen LogP contribution in [-0.4, -0.2) is 74.3 Å². The highest BCUT2D eigenvalue weighted by atomic mass is 16.5. The van der Waals surface area contributed by atoms with Gasteiger partial charge in [0.25, 0.3) is 0 Å². The molecular formula is C23H33N5O3. The van der Waals surface area contributed by atoms with Crippen molar-refractivity contribution in [1.29, 1.82) is 0 Å². The Balaban J connectivity index is 1.37. The number of morpholine rings is 1. The Morgan fingerprint density at radius 2 is 1.97 bits per heavy atom. The maximum Gasteiger partial charge on any atom is 0.225 e. The van der Waals surface area contributed by atoms with E-state index in [0.29, 0.717) is 25.6 Å². The van der Waals surface area contributed by atoms with Crippen LogP contribution in [0.2, 0.25) is 0 Å². The third-order valence-corrected chi connectivity index (χ3v) is 7.20. The standard InChI is InChI=1S/C23H33N5O3/c1-16-19(14-26-10-7-18(29)8-11-26)22-24-9-6-20(28(22)25-16)21-15-27(12-13-31-21)23(30)17-4-2-3-5-17/h6,9,17-18,21,29H,2-5,7-8,10-15H2,1H3. The average molecular weight is 428 g/mol. The molecule has 1 unspecified atom stereocenters. The zero-order valence-corrected chi connectivity index (χ0v) is 18.4. The summed E-state index contributed by atoms with van der Waals surface area (Å²) in [6.07, 6.45) is 7.48. The lowest BCUT2D eigenvalue weighted by Crippen LogP contribution is -2.44. The summed E-state index contributed by atoms with van der Waals surface area (Å²) in [7, 11) is 0. The molecule has 1 N–H and O–H groups in total. The van der Waals surface area contributed by atoms with Gasteiger partial charge in [0.15, 0.2) is 5.65 Å². The van der Waals surface area contributed by atoms with E-state index in [2.05, 4.69) is 9.88 Å². The van der Waals surface area contributed by atoms with E-state index in [9.17, 15) is 9.90 Å². The summed E-state index contributed by atoms with van der Waals surface area (Å²) >= 11 is 0. The fourth-order valence-corrected chi connectivity index (χ4v) is 5.30. The smallest absolute Gasteiger partial charge is 0.225 e. The Labute approximate surface area is 183 Å². The number of aliphatic hydroxyl groups excluding tert-OH is 1. The number of amides is 1. The van der Waals surface area contributed by atoms with Gasteiger partial charge in [-0.25, -0.2) is 9.50 Å². The van der Waals surface area contributed by atoms with Crippen LogP contribution in [-0.2, 0) is 16.1 Å². The molecule has 8 heteroatoms. The van der Waals surface area contributed by atoms with E-state index in [1.807, 2.05) is 28.6 Å². The number of ether oxygens (including phenoxy) is 1. The maximum absolute atomic E-state index is 13.0. The zero-order chi connectivity index (χ0) is 21.4. The highest BCUT2D eigenvalue weighted by Gasteiger charge is 2.33. The van der Waals surface area contributed by atoms with Crippen LogP contribution < -0.4 is 0 Å². The molecule has 1 aliphatic carbocycles. The SMILES string of the molecule is Cc1nn2c(C3CN(C(=O)C4CCCC4)CCO3)ccnc2c1CN1CCC(O)CC1. The fourth-order valence-electron chi connectivity index (χ4n) is 5.30. The average Bonchev–Trinajstić information content (AvgIpc) is 3.43. The number of aliphatic hydroxyl groups is 1. The summed E-state index contributed by atoms with van der Waals surface area (Å²) in [6.45, 7) is 6.40. The van der Waals surface area contributed by atoms with Crippen LogP contribution in [0.3, 0.4) is 0 Å². The monoisotopic (exact) mass is 427 g/mol. The molecule has 0 spiro atoms. The molecule has 31 heavy (non-hydrogen) atoms. The molecule has 1 atom stereocenters. The highest BCUT2D eigenvalue weighted by molar-refractivity contribution is 5.79. The van der Waals surface area contributed by atoms with Gasteiger partial charge in [-0.3, -0.25) is 9.69 Å².